The van der Waals surface area contributed by atoms with Crippen LogP contribution in [0, 0.1) is 0 Å². The molecule has 2 aromatic rings. The number of pyridine rings is 1. The van der Waals surface area contributed by atoms with Gasteiger partial charge >= 0.3 is 0 Å². The summed E-state index contributed by atoms with van der Waals surface area (Å²) in [6, 6.07) is 12.9. The fourth-order valence-corrected chi connectivity index (χ4v) is 2.00. The molecule has 1 aromatic carbocycles. The maximum absolute atomic E-state index is 12.1. The molecule has 2 nitrogen and oxygen atoms in total. The van der Waals surface area contributed by atoms with Gasteiger partial charge in [0.05, 0.1) is 0 Å². The second-order valence-corrected chi connectivity index (χ2v) is 4.29. The Kier molecular flexibility index (Phi) is 3.47. The minimum atomic E-state index is -0.308. The Hall–Kier alpha value is -1.48. The number of rotatable bonds is 3. The van der Waals surface area contributed by atoms with Crippen molar-refractivity contribution in [1.82, 2.24) is 4.98 Å². The van der Waals surface area contributed by atoms with E-state index >= 15 is 0 Å². The van der Waals surface area contributed by atoms with Crippen LogP contribution in [0.5, 0.6) is 0 Å². The van der Waals surface area contributed by atoms with Gasteiger partial charge in [0.15, 0.2) is 5.78 Å². The summed E-state index contributed by atoms with van der Waals surface area (Å²) >= 11 is 3.41. The average molecular weight is 276 g/mol. The van der Waals surface area contributed by atoms with Gasteiger partial charge < -0.3 is 0 Å². The van der Waals surface area contributed by atoms with E-state index in [0.717, 1.165) is 5.56 Å². The van der Waals surface area contributed by atoms with E-state index in [2.05, 4.69) is 20.9 Å². The van der Waals surface area contributed by atoms with Gasteiger partial charge in [-0.15, -0.1) is 0 Å². The van der Waals surface area contributed by atoms with Crippen molar-refractivity contribution in [2.75, 3.05) is 0 Å². The van der Waals surface area contributed by atoms with E-state index in [1.165, 1.54) is 0 Å². The largest absolute Gasteiger partial charge is 0.293 e. The molecule has 0 unspecified atom stereocenters. The number of Topliss-reactive ketones (excluding diaryl/α,β-unsaturated/α-hetero) is 1. The third kappa shape index (κ3) is 2.36. The molecule has 0 spiro atoms. The van der Waals surface area contributed by atoms with Crippen LogP contribution in [0.1, 0.15) is 20.7 Å². The number of hydrogen-bond acceptors (Lipinski definition) is 2. The number of halogens is 1. The van der Waals surface area contributed by atoms with E-state index in [1.807, 2.05) is 42.5 Å². The number of carbonyl (C=O) groups excluding carboxylic acids is 1. The Morgan fingerprint density at radius 2 is 1.69 bits per heavy atom. The molecule has 2 rings (SSSR count). The molecule has 0 saturated carbocycles. The minimum absolute atomic E-state index is 0.0619. The molecule has 1 heterocycles. The number of ketones is 1. The topological polar surface area (TPSA) is 30.0 Å². The summed E-state index contributed by atoms with van der Waals surface area (Å²) in [5, 5.41) is 0. The smallest absolute Gasteiger partial charge is 0.180 e. The van der Waals surface area contributed by atoms with Crippen molar-refractivity contribution in [3.63, 3.8) is 0 Å². The highest BCUT2D eigenvalue weighted by molar-refractivity contribution is 9.09. The van der Waals surface area contributed by atoms with Crippen LogP contribution in [-0.4, -0.2) is 10.8 Å². The predicted molar refractivity (Wildman–Crippen MR) is 66.7 cm³/mol. The quantitative estimate of drug-likeness (QED) is 0.635. The van der Waals surface area contributed by atoms with Crippen LogP contribution in [0.25, 0.3) is 0 Å². The van der Waals surface area contributed by atoms with Crippen molar-refractivity contribution in [2.24, 2.45) is 0 Å². The summed E-state index contributed by atoms with van der Waals surface area (Å²) in [6.07, 6.45) is 3.36. The molecule has 0 aliphatic heterocycles. The first kappa shape index (κ1) is 11.0. The predicted octanol–water partition coefficient (Wildman–Crippen LogP) is 3.40. The first-order valence-electron chi connectivity index (χ1n) is 4.92. The summed E-state index contributed by atoms with van der Waals surface area (Å²) in [5.41, 5.74) is 1.63. The van der Waals surface area contributed by atoms with E-state index in [-0.39, 0.29) is 10.6 Å². The van der Waals surface area contributed by atoms with Gasteiger partial charge in [-0.3, -0.25) is 9.78 Å². The lowest BCUT2D eigenvalue weighted by atomic mass is 10.0. The molecule has 16 heavy (non-hydrogen) atoms. The molecule has 0 N–H and O–H groups in total. The van der Waals surface area contributed by atoms with Crippen LogP contribution in [-0.2, 0) is 0 Å². The van der Waals surface area contributed by atoms with Crippen LogP contribution >= 0.6 is 15.9 Å². The zero-order chi connectivity index (χ0) is 11.4. The summed E-state index contributed by atoms with van der Waals surface area (Å²) in [6.45, 7) is 0. The highest BCUT2D eigenvalue weighted by Gasteiger charge is 2.18. The Morgan fingerprint density at radius 1 is 1.06 bits per heavy atom. The van der Waals surface area contributed by atoms with E-state index < -0.39 is 0 Å². The number of carbonyl (C=O) groups is 1. The van der Waals surface area contributed by atoms with Crippen LogP contribution in [0.2, 0.25) is 0 Å². The maximum atomic E-state index is 12.1. The molecule has 0 aliphatic carbocycles. The van der Waals surface area contributed by atoms with Crippen LogP contribution in [0.4, 0.5) is 0 Å². The minimum Gasteiger partial charge on any atom is -0.293 e. The standard InChI is InChI=1S/C13H10BrNO/c14-12(10-6-8-15-9-7-10)13(16)11-4-2-1-3-5-11/h1-9,12H/t12-/m0/s1. The second-order valence-electron chi connectivity index (χ2n) is 3.37. The van der Waals surface area contributed by atoms with Crippen LogP contribution < -0.4 is 0 Å². The van der Waals surface area contributed by atoms with Crippen molar-refractivity contribution >= 4 is 21.7 Å². The Morgan fingerprint density at radius 3 is 2.31 bits per heavy atom. The van der Waals surface area contributed by atoms with Gasteiger partial charge in [-0.2, -0.15) is 0 Å². The normalized spacial score (nSPS) is 12.1. The zero-order valence-electron chi connectivity index (χ0n) is 8.51. The molecule has 0 amide bonds. The SMILES string of the molecule is O=C(c1ccccc1)[C@@H](Br)c1ccncc1. The van der Waals surface area contributed by atoms with Gasteiger partial charge in [-0.25, -0.2) is 0 Å². The molecule has 3 heteroatoms. The lowest BCUT2D eigenvalue weighted by molar-refractivity contribution is 0.0991. The van der Waals surface area contributed by atoms with E-state index in [0.29, 0.717) is 5.56 Å². The van der Waals surface area contributed by atoms with Crippen LogP contribution in [0.3, 0.4) is 0 Å². The van der Waals surface area contributed by atoms with Gasteiger partial charge in [0.1, 0.15) is 4.83 Å². The Balaban J connectivity index is 2.24. The van der Waals surface area contributed by atoms with Gasteiger partial charge in [0.25, 0.3) is 0 Å². The molecule has 0 aliphatic rings. The molecule has 0 fully saturated rings. The first-order chi connectivity index (χ1) is 7.79. The van der Waals surface area contributed by atoms with Gasteiger partial charge in [0, 0.05) is 18.0 Å². The number of hydrogen-bond donors (Lipinski definition) is 0. The van der Waals surface area contributed by atoms with Crippen molar-refractivity contribution in [3.8, 4) is 0 Å². The maximum Gasteiger partial charge on any atom is 0.180 e. The molecule has 1 atom stereocenters. The first-order valence-corrected chi connectivity index (χ1v) is 5.84. The average Bonchev–Trinajstić information content (AvgIpc) is 2.39. The molecule has 0 saturated heterocycles. The van der Waals surface area contributed by atoms with Crippen molar-refractivity contribution < 1.29 is 4.79 Å². The van der Waals surface area contributed by atoms with E-state index in [1.54, 1.807) is 12.4 Å². The monoisotopic (exact) mass is 275 g/mol. The highest BCUT2D eigenvalue weighted by atomic mass is 79.9. The van der Waals surface area contributed by atoms with Gasteiger partial charge in [-0.05, 0) is 17.7 Å². The van der Waals surface area contributed by atoms with Crippen LogP contribution in [0.15, 0.2) is 54.9 Å². The lowest BCUT2D eigenvalue weighted by Crippen LogP contribution is -2.06. The molecule has 0 bridgehead atoms. The number of aromatic nitrogens is 1. The molecule has 0 radical (unpaired) electrons. The molecular formula is C13H10BrNO. The Bertz CT molecular complexity index is 470. The summed E-state index contributed by atoms with van der Waals surface area (Å²) in [5.74, 6) is 0.0619. The third-order valence-electron chi connectivity index (χ3n) is 2.29. The van der Waals surface area contributed by atoms with Gasteiger partial charge in [-0.1, -0.05) is 46.3 Å². The zero-order valence-corrected chi connectivity index (χ0v) is 10.1. The summed E-state index contributed by atoms with van der Waals surface area (Å²) < 4.78 is 0. The third-order valence-corrected chi connectivity index (χ3v) is 3.23. The number of alkyl halides is 1. The summed E-state index contributed by atoms with van der Waals surface area (Å²) in [7, 11) is 0. The Labute approximate surface area is 102 Å². The highest BCUT2D eigenvalue weighted by Crippen LogP contribution is 2.26. The number of benzene rings is 1. The van der Waals surface area contributed by atoms with Crippen molar-refractivity contribution in [2.45, 2.75) is 4.83 Å². The van der Waals surface area contributed by atoms with E-state index in [9.17, 15) is 4.79 Å². The molecular weight excluding hydrogens is 266 g/mol. The summed E-state index contributed by atoms with van der Waals surface area (Å²) in [4.78, 5) is 15.7. The number of nitrogens with zero attached hydrogens (tertiary/aromatic N) is 1. The molecule has 1 aromatic heterocycles. The van der Waals surface area contributed by atoms with Crippen molar-refractivity contribution in [1.29, 1.82) is 0 Å². The second kappa shape index (κ2) is 5.03. The van der Waals surface area contributed by atoms with Gasteiger partial charge in [0.2, 0.25) is 0 Å². The van der Waals surface area contributed by atoms with Crippen molar-refractivity contribution in [3.05, 3.63) is 66.0 Å². The lowest BCUT2D eigenvalue weighted by Gasteiger charge is -2.08. The molecule has 80 valence electrons. The van der Waals surface area contributed by atoms with E-state index in [4.69, 9.17) is 0 Å². The fourth-order valence-electron chi connectivity index (χ4n) is 1.43. The fraction of sp³-hybridized carbons (Fsp3) is 0.0769.